The fourth-order valence-corrected chi connectivity index (χ4v) is 1.64. The Morgan fingerprint density at radius 1 is 1.38 bits per heavy atom. The van der Waals surface area contributed by atoms with E-state index in [1.807, 2.05) is 13.0 Å². The van der Waals surface area contributed by atoms with Crippen LogP contribution in [0.4, 0.5) is 4.39 Å². The quantitative estimate of drug-likeness (QED) is 0.807. The largest absolute Gasteiger partial charge is 0.382 e. The molecule has 0 aliphatic carbocycles. The molecule has 0 aliphatic rings. The number of rotatable bonds is 6. The van der Waals surface area contributed by atoms with Crippen LogP contribution >= 0.6 is 0 Å². The van der Waals surface area contributed by atoms with Crippen LogP contribution in [-0.4, -0.2) is 19.3 Å². The van der Waals surface area contributed by atoms with Crippen LogP contribution in [-0.2, 0) is 11.2 Å². The van der Waals surface area contributed by atoms with Crippen molar-refractivity contribution in [2.45, 2.75) is 38.3 Å². The van der Waals surface area contributed by atoms with Crippen LogP contribution < -0.4 is 5.73 Å². The van der Waals surface area contributed by atoms with E-state index in [4.69, 9.17) is 10.5 Å². The molecule has 3 heteroatoms. The molecule has 0 aliphatic heterocycles. The highest BCUT2D eigenvalue weighted by molar-refractivity contribution is 5.17. The van der Waals surface area contributed by atoms with Crippen LogP contribution in [0.1, 0.15) is 25.3 Å². The Morgan fingerprint density at radius 3 is 2.75 bits per heavy atom. The summed E-state index contributed by atoms with van der Waals surface area (Å²) in [5.41, 5.74) is 6.94. The maximum Gasteiger partial charge on any atom is 0.123 e. The van der Waals surface area contributed by atoms with E-state index in [0.29, 0.717) is 6.42 Å². The van der Waals surface area contributed by atoms with Gasteiger partial charge in [-0.15, -0.1) is 0 Å². The Balaban J connectivity index is 2.36. The smallest absolute Gasteiger partial charge is 0.123 e. The molecule has 0 amide bonds. The van der Waals surface area contributed by atoms with Crippen LogP contribution in [0.25, 0.3) is 0 Å². The molecule has 0 spiro atoms. The van der Waals surface area contributed by atoms with Gasteiger partial charge in [-0.3, -0.25) is 0 Å². The summed E-state index contributed by atoms with van der Waals surface area (Å²) >= 11 is 0. The van der Waals surface area contributed by atoms with Crippen molar-refractivity contribution in [1.29, 1.82) is 0 Å². The standard InChI is InChI=1S/C13H20FNO/c1-10(16-2)6-7-13(15)9-11-4-3-5-12(14)8-11/h3-5,8,10,13H,6-7,9,15H2,1-2H3. The number of ether oxygens (including phenoxy) is 1. The highest BCUT2D eigenvalue weighted by Gasteiger charge is 2.07. The van der Waals surface area contributed by atoms with Crippen molar-refractivity contribution in [2.75, 3.05) is 7.11 Å². The van der Waals surface area contributed by atoms with Gasteiger partial charge in [-0.25, -0.2) is 4.39 Å². The van der Waals surface area contributed by atoms with E-state index < -0.39 is 0 Å². The molecule has 0 aromatic heterocycles. The molecule has 0 bridgehead atoms. The van der Waals surface area contributed by atoms with E-state index in [1.165, 1.54) is 6.07 Å². The van der Waals surface area contributed by atoms with E-state index in [0.717, 1.165) is 18.4 Å². The average Bonchev–Trinajstić information content (AvgIpc) is 2.26. The minimum atomic E-state index is -0.199. The summed E-state index contributed by atoms with van der Waals surface area (Å²) in [4.78, 5) is 0. The van der Waals surface area contributed by atoms with Crippen LogP contribution in [0.2, 0.25) is 0 Å². The summed E-state index contributed by atoms with van der Waals surface area (Å²) in [6.45, 7) is 2.02. The Bertz CT molecular complexity index is 317. The number of benzene rings is 1. The number of methoxy groups -OCH3 is 1. The minimum absolute atomic E-state index is 0.0689. The third-order valence-corrected chi connectivity index (χ3v) is 2.73. The first-order valence-corrected chi connectivity index (χ1v) is 5.64. The van der Waals surface area contributed by atoms with Crippen molar-refractivity contribution in [3.8, 4) is 0 Å². The van der Waals surface area contributed by atoms with Gasteiger partial charge >= 0.3 is 0 Å². The normalized spacial score (nSPS) is 14.8. The molecule has 90 valence electrons. The Kier molecular flexibility index (Phi) is 5.43. The van der Waals surface area contributed by atoms with Gasteiger partial charge in [-0.05, 0) is 43.9 Å². The second-order valence-electron chi connectivity index (χ2n) is 4.22. The molecule has 0 saturated carbocycles. The van der Waals surface area contributed by atoms with E-state index in [2.05, 4.69) is 0 Å². The summed E-state index contributed by atoms with van der Waals surface area (Å²) in [5.74, 6) is -0.199. The van der Waals surface area contributed by atoms with Crippen molar-refractivity contribution >= 4 is 0 Å². The SMILES string of the molecule is COC(C)CCC(N)Cc1cccc(F)c1. The summed E-state index contributed by atoms with van der Waals surface area (Å²) < 4.78 is 18.1. The highest BCUT2D eigenvalue weighted by atomic mass is 19.1. The summed E-state index contributed by atoms with van der Waals surface area (Å²) in [6.07, 6.45) is 2.78. The Labute approximate surface area is 96.6 Å². The van der Waals surface area contributed by atoms with Crippen LogP contribution in [0.15, 0.2) is 24.3 Å². The second kappa shape index (κ2) is 6.61. The molecule has 0 heterocycles. The van der Waals surface area contributed by atoms with Gasteiger partial charge in [0.25, 0.3) is 0 Å². The van der Waals surface area contributed by atoms with E-state index >= 15 is 0 Å². The average molecular weight is 225 g/mol. The number of halogens is 1. The number of hydrogen-bond acceptors (Lipinski definition) is 2. The summed E-state index contributed by atoms with van der Waals surface area (Å²) in [5, 5.41) is 0. The Morgan fingerprint density at radius 2 is 2.12 bits per heavy atom. The van der Waals surface area contributed by atoms with Crippen molar-refractivity contribution < 1.29 is 9.13 Å². The van der Waals surface area contributed by atoms with Gasteiger partial charge in [-0.1, -0.05) is 12.1 Å². The first kappa shape index (κ1) is 13.1. The molecule has 0 saturated heterocycles. The van der Waals surface area contributed by atoms with Crippen molar-refractivity contribution in [2.24, 2.45) is 5.73 Å². The molecule has 2 N–H and O–H groups in total. The molecule has 2 nitrogen and oxygen atoms in total. The fourth-order valence-electron chi connectivity index (χ4n) is 1.64. The molecule has 2 atom stereocenters. The zero-order chi connectivity index (χ0) is 12.0. The first-order valence-electron chi connectivity index (χ1n) is 5.64. The molecular formula is C13H20FNO. The van der Waals surface area contributed by atoms with Gasteiger partial charge in [0.1, 0.15) is 5.82 Å². The maximum atomic E-state index is 12.9. The van der Waals surface area contributed by atoms with Crippen LogP contribution in [0.3, 0.4) is 0 Å². The maximum absolute atomic E-state index is 12.9. The predicted octanol–water partition coefficient (Wildman–Crippen LogP) is 2.51. The van der Waals surface area contributed by atoms with Crippen molar-refractivity contribution in [1.82, 2.24) is 0 Å². The van der Waals surface area contributed by atoms with Crippen molar-refractivity contribution in [3.63, 3.8) is 0 Å². The third kappa shape index (κ3) is 4.73. The minimum Gasteiger partial charge on any atom is -0.382 e. The van der Waals surface area contributed by atoms with Gasteiger partial charge < -0.3 is 10.5 Å². The van der Waals surface area contributed by atoms with E-state index in [9.17, 15) is 4.39 Å². The van der Waals surface area contributed by atoms with Gasteiger partial charge in [0.2, 0.25) is 0 Å². The molecule has 1 rings (SSSR count). The number of hydrogen-bond donors (Lipinski definition) is 1. The van der Waals surface area contributed by atoms with Gasteiger partial charge in [-0.2, -0.15) is 0 Å². The lowest BCUT2D eigenvalue weighted by Crippen LogP contribution is -2.24. The lowest BCUT2D eigenvalue weighted by atomic mass is 10.0. The first-order chi connectivity index (χ1) is 7.61. The fraction of sp³-hybridized carbons (Fsp3) is 0.538. The van der Waals surface area contributed by atoms with Crippen LogP contribution in [0, 0.1) is 5.82 Å². The van der Waals surface area contributed by atoms with Gasteiger partial charge in [0.15, 0.2) is 0 Å². The number of nitrogens with two attached hydrogens (primary N) is 1. The predicted molar refractivity (Wildman–Crippen MR) is 63.8 cm³/mol. The molecule has 2 unspecified atom stereocenters. The van der Waals surface area contributed by atoms with Gasteiger partial charge in [0, 0.05) is 13.2 Å². The molecule has 1 aromatic rings. The highest BCUT2D eigenvalue weighted by Crippen LogP contribution is 2.10. The lowest BCUT2D eigenvalue weighted by molar-refractivity contribution is 0.107. The lowest BCUT2D eigenvalue weighted by Gasteiger charge is -2.14. The second-order valence-corrected chi connectivity index (χ2v) is 4.22. The monoisotopic (exact) mass is 225 g/mol. The zero-order valence-corrected chi connectivity index (χ0v) is 9.95. The summed E-state index contributed by atoms with van der Waals surface area (Å²) in [7, 11) is 1.70. The molecule has 16 heavy (non-hydrogen) atoms. The molecule has 0 fully saturated rings. The van der Waals surface area contributed by atoms with E-state index in [-0.39, 0.29) is 18.0 Å². The third-order valence-electron chi connectivity index (χ3n) is 2.73. The molecular weight excluding hydrogens is 205 g/mol. The molecule has 0 radical (unpaired) electrons. The zero-order valence-electron chi connectivity index (χ0n) is 9.95. The van der Waals surface area contributed by atoms with E-state index in [1.54, 1.807) is 19.2 Å². The van der Waals surface area contributed by atoms with Crippen molar-refractivity contribution in [3.05, 3.63) is 35.6 Å². The van der Waals surface area contributed by atoms with Crippen LogP contribution in [0.5, 0.6) is 0 Å². The summed E-state index contributed by atoms with van der Waals surface area (Å²) in [6, 6.07) is 6.68. The topological polar surface area (TPSA) is 35.2 Å². The Hall–Kier alpha value is -0.930. The molecule has 1 aromatic carbocycles. The van der Waals surface area contributed by atoms with Gasteiger partial charge in [0.05, 0.1) is 6.10 Å².